The molecule has 0 radical (unpaired) electrons. The predicted octanol–water partition coefficient (Wildman–Crippen LogP) is 3.01. The van der Waals surface area contributed by atoms with Crippen molar-refractivity contribution in [1.82, 2.24) is 15.0 Å². The summed E-state index contributed by atoms with van der Waals surface area (Å²) in [6, 6.07) is 1.66. The Labute approximate surface area is 111 Å². The van der Waals surface area contributed by atoms with Gasteiger partial charge in [-0.3, -0.25) is 0 Å². The Morgan fingerprint density at radius 1 is 1.11 bits per heavy atom. The summed E-state index contributed by atoms with van der Waals surface area (Å²) in [5.41, 5.74) is -0.329. The minimum atomic E-state index is -1.60. The van der Waals surface area contributed by atoms with Gasteiger partial charge in [0.1, 0.15) is 0 Å². The van der Waals surface area contributed by atoms with E-state index in [9.17, 15) is 13.2 Å². The number of rotatable bonds is 3. The zero-order chi connectivity index (χ0) is 14.0. The summed E-state index contributed by atoms with van der Waals surface area (Å²) < 4.78 is 44.6. The smallest absolute Gasteiger partial charge is 0.321 e. The molecule has 1 heterocycles. The van der Waals surface area contributed by atoms with Crippen LogP contribution < -0.4 is 4.74 Å². The van der Waals surface area contributed by atoms with Gasteiger partial charge in [0.2, 0.25) is 5.28 Å². The molecule has 2 rings (SSSR count). The third-order valence-corrected chi connectivity index (χ3v) is 2.31. The van der Waals surface area contributed by atoms with E-state index < -0.39 is 17.5 Å². The zero-order valence-corrected chi connectivity index (χ0v) is 10.4. The van der Waals surface area contributed by atoms with Gasteiger partial charge in [-0.15, -0.1) is 0 Å². The van der Waals surface area contributed by atoms with Crippen molar-refractivity contribution in [2.24, 2.45) is 0 Å². The normalized spacial score (nSPS) is 10.6. The summed E-state index contributed by atoms with van der Waals surface area (Å²) >= 11 is 5.63. The molecule has 0 bridgehead atoms. The van der Waals surface area contributed by atoms with Gasteiger partial charge in [0.05, 0.1) is 12.2 Å². The van der Waals surface area contributed by atoms with Gasteiger partial charge < -0.3 is 4.74 Å². The average Bonchev–Trinajstić information content (AvgIpc) is 2.36. The first kappa shape index (κ1) is 13.5. The summed E-state index contributed by atoms with van der Waals surface area (Å²) in [4.78, 5) is 11.1. The van der Waals surface area contributed by atoms with Gasteiger partial charge in [-0.05, 0) is 30.7 Å². The standard InChI is InChI=1S/C11H7ClF3N3O/c1-2-19-11-17-9(16-10(12)18-11)5-3-4-6(13)8(15)7(5)14/h3-4H,2H2,1H3. The summed E-state index contributed by atoms with van der Waals surface area (Å²) in [5.74, 6) is -4.54. The van der Waals surface area contributed by atoms with Crippen molar-refractivity contribution >= 4 is 11.6 Å². The fourth-order valence-corrected chi connectivity index (χ4v) is 1.50. The van der Waals surface area contributed by atoms with Crippen LogP contribution >= 0.6 is 11.6 Å². The first-order chi connectivity index (χ1) is 9.02. The third-order valence-electron chi connectivity index (χ3n) is 2.14. The molecule has 8 heteroatoms. The predicted molar refractivity (Wildman–Crippen MR) is 61.3 cm³/mol. The number of hydrogen-bond acceptors (Lipinski definition) is 4. The molecule has 0 amide bonds. The SMILES string of the molecule is CCOc1nc(Cl)nc(-c2ccc(F)c(F)c2F)n1. The topological polar surface area (TPSA) is 47.9 Å². The van der Waals surface area contributed by atoms with Crippen molar-refractivity contribution in [3.8, 4) is 17.4 Å². The maximum absolute atomic E-state index is 13.6. The second kappa shape index (κ2) is 5.40. The van der Waals surface area contributed by atoms with E-state index in [2.05, 4.69) is 15.0 Å². The van der Waals surface area contributed by atoms with Gasteiger partial charge in [0.25, 0.3) is 0 Å². The lowest BCUT2D eigenvalue weighted by Crippen LogP contribution is -2.03. The lowest BCUT2D eigenvalue weighted by Gasteiger charge is -2.06. The lowest BCUT2D eigenvalue weighted by molar-refractivity contribution is 0.312. The largest absolute Gasteiger partial charge is 0.464 e. The lowest BCUT2D eigenvalue weighted by atomic mass is 10.2. The minimum absolute atomic E-state index is 0.123. The highest BCUT2D eigenvalue weighted by atomic mass is 35.5. The van der Waals surface area contributed by atoms with E-state index in [0.717, 1.165) is 12.1 Å². The van der Waals surface area contributed by atoms with Crippen molar-refractivity contribution in [3.63, 3.8) is 0 Å². The maximum atomic E-state index is 13.6. The van der Waals surface area contributed by atoms with Crippen molar-refractivity contribution in [3.05, 3.63) is 34.9 Å². The molecule has 0 fully saturated rings. The second-order valence-corrected chi connectivity index (χ2v) is 3.70. The Kier molecular flexibility index (Phi) is 3.84. The molecule has 0 unspecified atom stereocenters. The monoisotopic (exact) mass is 289 g/mol. The highest BCUT2D eigenvalue weighted by Crippen LogP contribution is 2.24. The van der Waals surface area contributed by atoms with Crippen LogP contribution in [0, 0.1) is 17.5 Å². The van der Waals surface area contributed by atoms with Crippen molar-refractivity contribution < 1.29 is 17.9 Å². The van der Waals surface area contributed by atoms with E-state index >= 15 is 0 Å². The Morgan fingerprint density at radius 2 is 1.84 bits per heavy atom. The number of benzene rings is 1. The molecule has 0 aliphatic rings. The molecule has 0 aliphatic carbocycles. The minimum Gasteiger partial charge on any atom is -0.464 e. The first-order valence-corrected chi connectivity index (χ1v) is 5.59. The van der Waals surface area contributed by atoms with Crippen molar-refractivity contribution in [2.75, 3.05) is 6.61 Å². The van der Waals surface area contributed by atoms with Crippen LogP contribution in [0.3, 0.4) is 0 Å². The first-order valence-electron chi connectivity index (χ1n) is 5.21. The highest BCUT2D eigenvalue weighted by molar-refractivity contribution is 6.28. The number of hydrogen-bond donors (Lipinski definition) is 0. The molecule has 2 aromatic rings. The molecule has 0 saturated heterocycles. The molecule has 0 aliphatic heterocycles. The van der Waals surface area contributed by atoms with Crippen LogP contribution in [0.5, 0.6) is 6.01 Å². The molecule has 0 saturated carbocycles. The zero-order valence-electron chi connectivity index (χ0n) is 9.62. The molecule has 4 nitrogen and oxygen atoms in total. The summed E-state index contributed by atoms with van der Waals surface area (Å²) in [5, 5.41) is -0.238. The Morgan fingerprint density at radius 3 is 2.53 bits per heavy atom. The molecule has 0 N–H and O–H groups in total. The Balaban J connectivity index is 2.55. The molecule has 0 spiro atoms. The van der Waals surface area contributed by atoms with E-state index in [1.807, 2.05) is 0 Å². The van der Waals surface area contributed by atoms with Crippen molar-refractivity contribution in [2.45, 2.75) is 6.92 Å². The van der Waals surface area contributed by atoms with Crippen molar-refractivity contribution in [1.29, 1.82) is 0 Å². The van der Waals surface area contributed by atoms with Gasteiger partial charge in [0.15, 0.2) is 23.3 Å². The molecular formula is C11H7ClF3N3O. The summed E-state index contributed by atoms with van der Waals surface area (Å²) in [6.45, 7) is 1.95. The number of nitrogens with zero attached hydrogens (tertiary/aromatic N) is 3. The molecule has 1 aromatic heterocycles. The molecular weight excluding hydrogens is 283 g/mol. The number of halogens is 4. The molecule has 19 heavy (non-hydrogen) atoms. The van der Waals surface area contributed by atoms with Crippen LogP contribution in [0.1, 0.15) is 6.92 Å². The van der Waals surface area contributed by atoms with Gasteiger partial charge in [-0.25, -0.2) is 13.2 Å². The van der Waals surface area contributed by atoms with Gasteiger partial charge in [-0.2, -0.15) is 15.0 Å². The maximum Gasteiger partial charge on any atom is 0.321 e. The summed E-state index contributed by atoms with van der Waals surface area (Å²) in [6.07, 6.45) is 0. The molecule has 0 atom stereocenters. The Bertz CT molecular complexity index is 624. The van der Waals surface area contributed by atoms with E-state index in [1.165, 1.54) is 0 Å². The van der Waals surface area contributed by atoms with Crippen LogP contribution in [0.2, 0.25) is 5.28 Å². The van der Waals surface area contributed by atoms with Crippen LogP contribution in [-0.2, 0) is 0 Å². The summed E-state index contributed by atoms with van der Waals surface area (Å²) in [7, 11) is 0. The van der Waals surface area contributed by atoms with Gasteiger partial charge in [0, 0.05) is 0 Å². The average molecular weight is 290 g/mol. The van der Waals surface area contributed by atoms with E-state index in [1.54, 1.807) is 6.92 Å². The highest BCUT2D eigenvalue weighted by Gasteiger charge is 2.18. The molecule has 100 valence electrons. The second-order valence-electron chi connectivity index (χ2n) is 3.37. The van der Waals surface area contributed by atoms with Crippen LogP contribution in [-0.4, -0.2) is 21.6 Å². The van der Waals surface area contributed by atoms with Crippen LogP contribution in [0.4, 0.5) is 13.2 Å². The number of ether oxygens (including phenoxy) is 1. The third kappa shape index (κ3) is 2.76. The fraction of sp³-hybridized carbons (Fsp3) is 0.182. The number of aromatic nitrogens is 3. The van der Waals surface area contributed by atoms with E-state index in [0.29, 0.717) is 0 Å². The fourth-order valence-electron chi connectivity index (χ4n) is 1.34. The van der Waals surface area contributed by atoms with E-state index in [-0.39, 0.29) is 29.3 Å². The Hall–Kier alpha value is -1.89. The quantitative estimate of drug-likeness (QED) is 0.815. The van der Waals surface area contributed by atoms with Gasteiger partial charge >= 0.3 is 6.01 Å². The van der Waals surface area contributed by atoms with Crippen LogP contribution in [0.15, 0.2) is 12.1 Å². The molecule has 1 aromatic carbocycles. The van der Waals surface area contributed by atoms with Gasteiger partial charge in [-0.1, -0.05) is 0 Å². The van der Waals surface area contributed by atoms with Crippen LogP contribution in [0.25, 0.3) is 11.4 Å². The van der Waals surface area contributed by atoms with E-state index in [4.69, 9.17) is 16.3 Å².